The fourth-order valence-corrected chi connectivity index (χ4v) is 4.89. The third-order valence-corrected chi connectivity index (χ3v) is 7.14. The van der Waals surface area contributed by atoms with Gasteiger partial charge in [-0.2, -0.15) is 13.2 Å². The van der Waals surface area contributed by atoms with E-state index in [-0.39, 0.29) is 83.4 Å². The van der Waals surface area contributed by atoms with Crippen LogP contribution in [0.1, 0.15) is 48.1 Å². The molecular weight excluding hydrogens is 559 g/mol. The van der Waals surface area contributed by atoms with Crippen LogP contribution in [0, 0.1) is 11.8 Å². The van der Waals surface area contributed by atoms with Crippen LogP contribution in [-0.4, -0.2) is 65.2 Å². The summed E-state index contributed by atoms with van der Waals surface area (Å²) in [5.74, 6) is -1.88. The summed E-state index contributed by atoms with van der Waals surface area (Å²) in [7, 11) is 1.31. The van der Waals surface area contributed by atoms with Crippen LogP contribution in [0.4, 0.5) is 13.2 Å². The fraction of sp³-hybridized carbons (Fsp3) is 0.429. The Morgan fingerprint density at radius 2 is 1.95 bits per heavy atom. The van der Waals surface area contributed by atoms with Gasteiger partial charge in [0.05, 0.1) is 20.3 Å². The number of carbonyl (C=O) groups is 3. The van der Waals surface area contributed by atoms with Crippen LogP contribution in [0.15, 0.2) is 33.7 Å². The number of nitrogens with zero attached hydrogens (tertiary/aromatic N) is 4. The SMILES string of the molecule is CCOC(=O)[C@@H]1CC(C=NC(=O)C2CC2)CN1C(=O)c1nc(-c2ccc(OC)c3nc(C(F)(F)F)ccc23)oc1CN. The number of hydrogen-bond acceptors (Lipinski definition) is 9. The van der Waals surface area contributed by atoms with Crippen molar-refractivity contribution in [3.05, 3.63) is 41.4 Å². The molecule has 1 aliphatic carbocycles. The van der Waals surface area contributed by atoms with Gasteiger partial charge in [-0.15, -0.1) is 0 Å². The second kappa shape index (κ2) is 11.5. The minimum Gasteiger partial charge on any atom is -0.494 e. The molecular formula is C28H28F3N5O6. The van der Waals surface area contributed by atoms with E-state index < -0.39 is 29.8 Å². The average Bonchev–Trinajstić information content (AvgIpc) is 3.59. The minimum absolute atomic E-state index is 0.0162. The smallest absolute Gasteiger partial charge is 0.433 e. The van der Waals surface area contributed by atoms with Crippen molar-refractivity contribution < 1.29 is 41.4 Å². The van der Waals surface area contributed by atoms with Crippen LogP contribution in [-0.2, 0) is 27.0 Å². The maximum Gasteiger partial charge on any atom is 0.433 e. The molecule has 2 fully saturated rings. The largest absolute Gasteiger partial charge is 0.494 e. The highest BCUT2D eigenvalue weighted by molar-refractivity contribution is 6.00. The number of pyridine rings is 1. The standard InChI is InChI=1S/C28H28F3N5O6/c1-3-41-27(39)18-10-14(12-33-24(37)15-4-5-15)13-36(18)26(38)23-20(11-32)42-25(35-23)17-6-8-19(40-2)22-16(17)7-9-21(34-22)28(29,30)31/h6-9,12,14-15,18H,3-5,10-11,13,32H2,1-2H3/t14?,18-/m0/s1. The number of alkyl halides is 3. The number of benzene rings is 1. The molecule has 3 heterocycles. The van der Waals surface area contributed by atoms with Crippen LogP contribution in [0.2, 0.25) is 0 Å². The van der Waals surface area contributed by atoms with Crippen molar-refractivity contribution >= 4 is 34.9 Å². The average molecular weight is 588 g/mol. The lowest BCUT2D eigenvalue weighted by atomic mass is 10.1. The number of amides is 2. The van der Waals surface area contributed by atoms with Crippen LogP contribution < -0.4 is 10.5 Å². The van der Waals surface area contributed by atoms with Gasteiger partial charge in [0.15, 0.2) is 11.5 Å². The van der Waals surface area contributed by atoms with Gasteiger partial charge in [0, 0.05) is 35.5 Å². The normalized spacial score (nSPS) is 19.0. The van der Waals surface area contributed by atoms with Gasteiger partial charge in [-0.05, 0) is 50.5 Å². The number of fused-ring (bicyclic) bond motifs is 1. The molecule has 2 aliphatic rings. The zero-order valence-electron chi connectivity index (χ0n) is 22.8. The third kappa shape index (κ3) is 5.71. The number of likely N-dealkylation sites (tertiary alicyclic amines) is 1. The molecule has 11 nitrogen and oxygen atoms in total. The third-order valence-electron chi connectivity index (χ3n) is 7.14. The number of hydrogen-bond donors (Lipinski definition) is 1. The summed E-state index contributed by atoms with van der Waals surface area (Å²) in [5, 5.41) is 0.244. The second-order valence-corrected chi connectivity index (χ2v) is 10.0. The Balaban J connectivity index is 1.50. The molecule has 0 bridgehead atoms. The molecule has 222 valence electrons. The van der Waals surface area contributed by atoms with Gasteiger partial charge in [-0.25, -0.2) is 19.8 Å². The number of esters is 1. The monoisotopic (exact) mass is 587 g/mol. The summed E-state index contributed by atoms with van der Waals surface area (Å²) < 4.78 is 56.3. The molecule has 3 aromatic rings. The maximum atomic E-state index is 13.8. The summed E-state index contributed by atoms with van der Waals surface area (Å²) in [6.45, 7) is 1.60. The number of carbonyl (C=O) groups excluding carboxylic acids is 3. The summed E-state index contributed by atoms with van der Waals surface area (Å²) in [4.78, 5) is 52.1. The van der Waals surface area contributed by atoms with Crippen LogP contribution in [0.3, 0.4) is 0 Å². The zero-order chi connectivity index (χ0) is 30.2. The Morgan fingerprint density at radius 3 is 2.60 bits per heavy atom. The molecule has 2 N–H and O–H groups in total. The summed E-state index contributed by atoms with van der Waals surface area (Å²) in [6, 6.07) is 4.04. The Bertz CT molecular complexity index is 1570. The van der Waals surface area contributed by atoms with Gasteiger partial charge in [0.1, 0.15) is 23.0 Å². The van der Waals surface area contributed by atoms with Crippen molar-refractivity contribution in [1.29, 1.82) is 0 Å². The number of halogens is 3. The van der Waals surface area contributed by atoms with E-state index in [9.17, 15) is 27.6 Å². The van der Waals surface area contributed by atoms with Gasteiger partial charge in [0.25, 0.3) is 5.91 Å². The van der Waals surface area contributed by atoms with Crippen molar-refractivity contribution in [2.45, 2.75) is 44.9 Å². The second-order valence-electron chi connectivity index (χ2n) is 10.0. The van der Waals surface area contributed by atoms with Crippen LogP contribution >= 0.6 is 0 Å². The molecule has 2 atom stereocenters. The molecule has 14 heteroatoms. The van der Waals surface area contributed by atoms with E-state index in [4.69, 9.17) is 19.6 Å². The lowest BCUT2D eigenvalue weighted by molar-refractivity contribution is -0.147. The topological polar surface area (TPSA) is 150 Å². The first-order valence-electron chi connectivity index (χ1n) is 13.4. The van der Waals surface area contributed by atoms with Crippen LogP contribution in [0.5, 0.6) is 5.75 Å². The van der Waals surface area contributed by atoms with E-state index in [0.29, 0.717) is 0 Å². The Kier molecular flexibility index (Phi) is 7.99. The quantitative estimate of drug-likeness (QED) is 0.307. The van der Waals surface area contributed by atoms with Crippen molar-refractivity contribution in [2.24, 2.45) is 22.6 Å². The van der Waals surface area contributed by atoms with Crippen molar-refractivity contribution in [1.82, 2.24) is 14.9 Å². The molecule has 1 unspecified atom stereocenters. The first kappa shape index (κ1) is 29.2. The van der Waals surface area contributed by atoms with Crippen LogP contribution in [0.25, 0.3) is 22.4 Å². The van der Waals surface area contributed by atoms with Gasteiger partial charge in [-0.3, -0.25) is 9.59 Å². The van der Waals surface area contributed by atoms with E-state index in [1.807, 2.05) is 0 Å². The fourth-order valence-electron chi connectivity index (χ4n) is 4.89. The lowest BCUT2D eigenvalue weighted by Crippen LogP contribution is -2.42. The molecule has 2 amide bonds. The molecule has 1 aromatic carbocycles. The number of oxazole rings is 1. The van der Waals surface area contributed by atoms with Gasteiger partial charge >= 0.3 is 12.1 Å². The highest BCUT2D eigenvalue weighted by Gasteiger charge is 2.42. The van der Waals surface area contributed by atoms with E-state index in [2.05, 4.69) is 15.0 Å². The Labute approximate surface area is 237 Å². The van der Waals surface area contributed by atoms with E-state index in [1.165, 1.54) is 36.4 Å². The summed E-state index contributed by atoms with van der Waals surface area (Å²) in [6.07, 6.45) is -1.40. The molecule has 1 aliphatic heterocycles. The Hall–Kier alpha value is -4.33. The van der Waals surface area contributed by atoms with Crippen molar-refractivity contribution in [3.63, 3.8) is 0 Å². The van der Waals surface area contributed by atoms with Crippen molar-refractivity contribution in [2.75, 3.05) is 20.3 Å². The molecule has 2 aromatic heterocycles. The molecule has 0 spiro atoms. The molecule has 0 radical (unpaired) electrons. The molecule has 5 rings (SSSR count). The predicted molar refractivity (Wildman–Crippen MR) is 142 cm³/mol. The van der Waals surface area contributed by atoms with E-state index in [1.54, 1.807) is 6.92 Å². The minimum atomic E-state index is -4.68. The highest BCUT2D eigenvalue weighted by Crippen LogP contribution is 2.37. The van der Waals surface area contributed by atoms with E-state index in [0.717, 1.165) is 18.9 Å². The highest BCUT2D eigenvalue weighted by atomic mass is 19.4. The zero-order valence-corrected chi connectivity index (χ0v) is 22.8. The van der Waals surface area contributed by atoms with Gasteiger partial charge in [0.2, 0.25) is 11.8 Å². The van der Waals surface area contributed by atoms with Gasteiger partial charge < -0.3 is 24.5 Å². The first-order chi connectivity index (χ1) is 20.0. The van der Waals surface area contributed by atoms with E-state index >= 15 is 0 Å². The number of nitrogens with two attached hydrogens (primary N) is 1. The summed E-state index contributed by atoms with van der Waals surface area (Å²) >= 11 is 0. The van der Waals surface area contributed by atoms with Crippen molar-refractivity contribution in [3.8, 4) is 17.2 Å². The number of rotatable bonds is 8. The number of aliphatic imine (C=N–C) groups is 1. The van der Waals surface area contributed by atoms with Gasteiger partial charge in [-0.1, -0.05) is 0 Å². The maximum absolute atomic E-state index is 13.8. The molecule has 1 saturated carbocycles. The molecule has 42 heavy (non-hydrogen) atoms. The Morgan fingerprint density at radius 1 is 1.19 bits per heavy atom. The number of ether oxygens (including phenoxy) is 2. The predicted octanol–water partition coefficient (Wildman–Crippen LogP) is 3.78. The molecule has 1 saturated heterocycles. The number of aromatic nitrogens is 2. The first-order valence-corrected chi connectivity index (χ1v) is 13.4. The summed E-state index contributed by atoms with van der Waals surface area (Å²) in [5.41, 5.74) is 4.80. The lowest BCUT2D eigenvalue weighted by Gasteiger charge is -2.22. The number of methoxy groups -OCH3 is 1.